The van der Waals surface area contributed by atoms with Crippen LogP contribution in [0, 0.1) is 0 Å². The van der Waals surface area contributed by atoms with E-state index in [2.05, 4.69) is 10.0 Å². The number of azide groups is 1. The molecule has 7 heteroatoms. The van der Waals surface area contributed by atoms with Crippen LogP contribution < -0.4 is 0 Å². The summed E-state index contributed by atoms with van der Waals surface area (Å²) in [7, 11) is 0. The van der Waals surface area contributed by atoms with E-state index in [1.165, 1.54) is 0 Å². The molecule has 1 heterocycles. The number of rotatable bonds is 5. The molecule has 0 aromatic heterocycles. The molecular formula is C8H12N4O3. The standard InChI is InChI=1S/C8H12N4O3/c9-11-10-5-1-4-8(14)15-12-6-2-3-7(12)13/h1-6H2. The first kappa shape index (κ1) is 11.3. The van der Waals surface area contributed by atoms with Crippen LogP contribution >= 0.6 is 0 Å². The molecule has 0 aliphatic carbocycles. The summed E-state index contributed by atoms with van der Waals surface area (Å²) < 4.78 is 0. The Morgan fingerprint density at radius 1 is 1.67 bits per heavy atom. The second kappa shape index (κ2) is 5.87. The molecule has 0 unspecified atom stereocenters. The maximum atomic E-state index is 11.2. The van der Waals surface area contributed by atoms with Gasteiger partial charge >= 0.3 is 5.97 Å². The number of amides is 1. The van der Waals surface area contributed by atoms with Gasteiger partial charge in [-0.2, -0.15) is 5.06 Å². The third-order valence-corrected chi connectivity index (χ3v) is 1.94. The van der Waals surface area contributed by atoms with E-state index in [-0.39, 0.29) is 18.9 Å². The van der Waals surface area contributed by atoms with Crippen molar-refractivity contribution < 1.29 is 14.4 Å². The van der Waals surface area contributed by atoms with E-state index >= 15 is 0 Å². The van der Waals surface area contributed by atoms with Gasteiger partial charge in [0, 0.05) is 24.3 Å². The molecule has 1 fully saturated rings. The molecule has 0 spiro atoms. The summed E-state index contributed by atoms with van der Waals surface area (Å²) in [5.41, 5.74) is 7.99. The third-order valence-electron chi connectivity index (χ3n) is 1.94. The number of carbonyl (C=O) groups excluding carboxylic acids is 2. The van der Waals surface area contributed by atoms with Crippen LogP contribution in [0.25, 0.3) is 10.4 Å². The Hall–Kier alpha value is -1.75. The summed E-state index contributed by atoms with van der Waals surface area (Å²) in [5, 5.41) is 4.38. The maximum Gasteiger partial charge on any atom is 0.332 e. The van der Waals surface area contributed by atoms with Gasteiger partial charge < -0.3 is 4.84 Å². The van der Waals surface area contributed by atoms with E-state index in [9.17, 15) is 9.59 Å². The lowest BCUT2D eigenvalue weighted by atomic mass is 10.3. The number of nitrogens with zero attached hydrogens (tertiary/aromatic N) is 4. The highest BCUT2D eigenvalue weighted by Gasteiger charge is 2.23. The van der Waals surface area contributed by atoms with Gasteiger partial charge in [-0.1, -0.05) is 5.11 Å². The predicted molar refractivity (Wildman–Crippen MR) is 50.3 cm³/mol. The fourth-order valence-electron chi connectivity index (χ4n) is 1.23. The summed E-state index contributed by atoms with van der Waals surface area (Å²) in [6.45, 7) is 0.737. The molecular weight excluding hydrogens is 200 g/mol. The molecule has 1 saturated heterocycles. The Balaban J connectivity index is 2.18. The topological polar surface area (TPSA) is 95.4 Å². The second-order valence-electron chi connectivity index (χ2n) is 3.12. The molecule has 0 aromatic carbocycles. The summed E-state index contributed by atoms with van der Waals surface area (Å²) in [6, 6.07) is 0. The van der Waals surface area contributed by atoms with Crippen LogP contribution in [0.2, 0.25) is 0 Å². The SMILES string of the molecule is [N-]=[N+]=NCCCC(=O)ON1CCCC1=O. The summed E-state index contributed by atoms with van der Waals surface area (Å²) >= 11 is 0. The molecule has 1 rings (SSSR count). The summed E-state index contributed by atoms with van der Waals surface area (Å²) in [6.07, 6.45) is 1.75. The molecule has 1 aliphatic heterocycles. The van der Waals surface area contributed by atoms with E-state index in [1.54, 1.807) is 0 Å². The lowest BCUT2D eigenvalue weighted by Gasteiger charge is -2.13. The number of hydrogen-bond donors (Lipinski definition) is 0. The monoisotopic (exact) mass is 212 g/mol. The Labute approximate surface area is 86.6 Å². The van der Waals surface area contributed by atoms with Gasteiger partial charge in [-0.15, -0.1) is 0 Å². The molecule has 1 amide bonds. The number of carbonyl (C=O) groups is 2. The highest BCUT2D eigenvalue weighted by Crippen LogP contribution is 2.10. The van der Waals surface area contributed by atoms with Crippen molar-refractivity contribution in [3.8, 4) is 0 Å². The molecule has 82 valence electrons. The van der Waals surface area contributed by atoms with Crippen molar-refractivity contribution >= 4 is 11.9 Å². The molecule has 15 heavy (non-hydrogen) atoms. The van der Waals surface area contributed by atoms with Gasteiger partial charge in [0.15, 0.2) is 0 Å². The molecule has 1 aliphatic rings. The predicted octanol–water partition coefficient (Wildman–Crippen LogP) is 1.16. The number of hydrogen-bond acceptors (Lipinski definition) is 4. The van der Waals surface area contributed by atoms with E-state index in [4.69, 9.17) is 10.4 Å². The number of hydroxylamine groups is 2. The lowest BCUT2D eigenvalue weighted by molar-refractivity contribution is -0.192. The van der Waals surface area contributed by atoms with Crippen LogP contribution in [-0.4, -0.2) is 30.0 Å². The van der Waals surface area contributed by atoms with Crippen molar-refractivity contribution in [2.45, 2.75) is 25.7 Å². The van der Waals surface area contributed by atoms with E-state index in [0.29, 0.717) is 19.4 Å². The van der Waals surface area contributed by atoms with Crippen molar-refractivity contribution in [2.75, 3.05) is 13.1 Å². The van der Waals surface area contributed by atoms with Gasteiger partial charge in [0.25, 0.3) is 5.91 Å². The fraction of sp³-hybridized carbons (Fsp3) is 0.750. The Morgan fingerprint density at radius 2 is 2.47 bits per heavy atom. The van der Waals surface area contributed by atoms with Crippen LogP contribution in [0.4, 0.5) is 0 Å². The van der Waals surface area contributed by atoms with E-state index in [1.807, 2.05) is 0 Å². The van der Waals surface area contributed by atoms with Crippen LogP contribution in [0.3, 0.4) is 0 Å². The van der Waals surface area contributed by atoms with Gasteiger partial charge in [0.2, 0.25) is 0 Å². The molecule has 0 N–H and O–H groups in total. The van der Waals surface area contributed by atoms with Crippen LogP contribution in [0.1, 0.15) is 25.7 Å². The van der Waals surface area contributed by atoms with Crippen molar-refractivity contribution in [2.24, 2.45) is 5.11 Å². The first-order valence-corrected chi connectivity index (χ1v) is 4.76. The maximum absolute atomic E-state index is 11.2. The average molecular weight is 212 g/mol. The smallest absolute Gasteiger partial charge is 0.332 e. The van der Waals surface area contributed by atoms with E-state index < -0.39 is 5.97 Å². The van der Waals surface area contributed by atoms with Crippen LogP contribution in [0.15, 0.2) is 5.11 Å². The third kappa shape index (κ3) is 3.86. The molecule has 0 aromatic rings. The van der Waals surface area contributed by atoms with Crippen molar-refractivity contribution in [1.82, 2.24) is 5.06 Å². The molecule has 0 atom stereocenters. The van der Waals surface area contributed by atoms with Crippen molar-refractivity contribution in [3.63, 3.8) is 0 Å². The average Bonchev–Trinajstić information content (AvgIpc) is 2.59. The highest BCUT2D eigenvalue weighted by atomic mass is 16.7. The zero-order valence-corrected chi connectivity index (χ0v) is 8.26. The first-order valence-electron chi connectivity index (χ1n) is 4.76. The van der Waals surface area contributed by atoms with E-state index in [0.717, 1.165) is 11.5 Å². The minimum Gasteiger partial charge on any atom is -0.338 e. The lowest BCUT2D eigenvalue weighted by Crippen LogP contribution is -2.28. The van der Waals surface area contributed by atoms with Crippen molar-refractivity contribution in [3.05, 3.63) is 10.4 Å². The summed E-state index contributed by atoms with van der Waals surface area (Å²) in [4.78, 5) is 29.6. The molecule has 0 bridgehead atoms. The van der Waals surface area contributed by atoms with Gasteiger partial charge in [-0.3, -0.25) is 4.79 Å². The highest BCUT2D eigenvalue weighted by molar-refractivity contribution is 5.79. The Morgan fingerprint density at radius 3 is 3.07 bits per heavy atom. The van der Waals surface area contributed by atoms with Crippen LogP contribution in [0.5, 0.6) is 0 Å². The Kier molecular flexibility index (Phi) is 4.43. The minimum atomic E-state index is -0.460. The van der Waals surface area contributed by atoms with Gasteiger partial charge in [-0.05, 0) is 18.4 Å². The molecule has 0 saturated carbocycles. The zero-order valence-electron chi connectivity index (χ0n) is 8.26. The zero-order chi connectivity index (χ0) is 11.1. The largest absolute Gasteiger partial charge is 0.338 e. The molecule has 7 nitrogen and oxygen atoms in total. The van der Waals surface area contributed by atoms with Gasteiger partial charge in [0.05, 0.1) is 6.54 Å². The molecule has 0 radical (unpaired) electrons. The minimum absolute atomic E-state index is 0.154. The first-order chi connectivity index (χ1) is 7.24. The summed E-state index contributed by atoms with van der Waals surface area (Å²) in [5.74, 6) is -0.614. The van der Waals surface area contributed by atoms with Crippen molar-refractivity contribution in [1.29, 1.82) is 0 Å². The van der Waals surface area contributed by atoms with Gasteiger partial charge in [-0.25, -0.2) is 4.79 Å². The Bertz CT molecular complexity index is 298. The van der Waals surface area contributed by atoms with Crippen LogP contribution in [-0.2, 0) is 14.4 Å². The quantitative estimate of drug-likeness (QED) is 0.296. The second-order valence-corrected chi connectivity index (χ2v) is 3.12. The van der Waals surface area contributed by atoms with Gasteiger partial charge in [0.1, 0.15) is 0 Å². The fourth-order valence-corrected chi connectivity index (χ4v) is 1.23. The normalized spacial score (nSPS) is 14.9.